The van der Waals surface area contributed by atoms with Gasteiger partial charge in [-0.2, -0.15) is 0 Å². The highest BCUT2D eigenvalue weighted by Gasteiger charge is 2.39. The molecule has 1 saturated heterocycles. The number of carbonyl (C=O) groups is 2. The summed E-state index contributed by atoms with van der Waals surface area (Å²) in [6.07, 6.45) is 1.95. The first-order chi connectivity index (χ1) is 10.1. The SMILES string of the molecule is CC1CC1C(=O)Nc1ccc(C(=O)NC2CCNC2)cc1.Cl. The van der Waals surface area contributed by atoms with Crippen LogP contribution >= 0.6 is 12.4 Å². The van der Waals surface area contributed by atoms with Gasteiger partial charge in [0.25, 0.3) is 5.91 Å². The van der Waals surface area contributed by atoms with Crippen LogP contribution in [0.5, 0.6) is 0 Å². The Hall–Kier alpha value is -1.59. The van der Waals surface area contributed by atoms with Crippen molar-refractivity contribution >= 4 is 29.9 Å². The first-order valence-corrected chi connectivity index (χ1v) is 7.56. The summed E-state index contributed by atoms with van der Waals surface area (Å²) in [5.74, 6) is 0.673. The van der Waals surface area contributed by atoms with E-state index >= 15 is 0 Å². The summed E-state index contributed by atoms with van der Waals surface area (Å²) in [5.41, 5.74) is 1.37. The minimum absolute atomic E-state index is 0. The third-order valence-corrected chi connectivity index (χ3v) is 4.26. The standard InChI is InChI=1S/C16H21N3O2.ClH/c1-10-8-14(10)16(21)18-12-4-2-11(3-5-12)15(20)19-13-6-7-17-9-13;/h2-5,10,13-14,17H,6-9H2,1H3,(H,18,21)(H,19,20);1H. The topological polar surface area (TPSA) is 70.2 Å². The summed E-state index contributed by atoms with van der Waals surface area (Å²) in [4.78, 5) is 23.9. The van der Waals surface area contributed by atoms with E-state index in [0.717, 1.165) is 31.6 Å². The van der Waals surface area contributed by atoms with Crippen LogP contribution < -0.4 is 16.0 Å². The monoisotopic (exact) mass is 323 g/mol. The molecule has 0 bridgehead atoms. The highest BCUT2D eigenvalue weighted by molar-refractivity contribution is 5.97. The maximum absolute atomic E-state index is 12.1. The second-order valence-electron chi connectivity index (χ2n) is 6.05. The lowest BCUT2D eigenvalue weighted by molar-refractivity contribution is -0.117. The predicted molar refractivity (Wildman–Crippen MR) is 88.3 cm³/mol. The average Bonchev–Trinajstić information content (AvgIpc) is 2.98. The summed E-state index contributed by atoms with van der Waals surface area (Å²) in [6.45, 7) is 3.87. The zero-order valence-electron chi connectivity index (χ0n) is 12.6. The lowest BCUT2D eigenvalue weighted by Gasteiger charge is -2.11. The molecule has 2 aliphatic rings. The Morgan fingerprint density at radius 2 is 1.91 bits per heavy atom. The molecule has 1 heterocycles. The quantitative estimate of drug-likeness (QED) is 0.791. The van der Waals surface area contributed by atoms with E-state index in [1.54, 1.807) is 24.3 Å². The van der Waals surface area contributed by atoms with Crippen molar-refractivity contribution in [1.29, 1.82) is 0 Å². The summed E-state index contributed by atoms with van der Waals surface area (Å²) in [5, 5.41) is 9.11. The second-order valence-corrected chi connectivity index (χ2v) is 6.05. The maximum Gasteiger partial charge on any atom is 0.251 e. The molecule has 22 heavy (non-hydrogen) atoms. The largest absolute Gasteiger partial charge is 0.348 e. The smallest absolute Gasteiger partial charge is 0.251 e. The zero-order chi connectivity index (χ0) is 14.8. The van der Waals surface area contributed by atoms with Gasteiger partial charge >= 0.3 is 0 Å². The molecule has 5 nitrogen and oxygen atoms in total. The van der Waals surface area contributed by atoms with Gasteiger partial charge in [-0.1, -0.05) is 6.92 Å². The number of hydrogen-bond donors (Lipinski definition) is 3. The van der Waals surface area contributed by atoms with Gasteiger partial charge in [-0.3, -0.25) is 9.59 Å². The molecule has 3 rings (SSSR count). The van der Waals surface area contributed by atoms with Crippen molar-refractivity contribution in [2.75, 3.05) is 18.4 Å². The third kappa shape index (κ3) is 3.99. The second kappa shape index (κ2) is 7.11. The van der Waals surface area contributed by atoms with E-state index in [9.17, 15) is 9.59 Å². The minimum Gasteiger partial charge on any atom is -0.348 e. The Morgan fingerprint density at radius 1 is 1.23 bits per heavy atom. The van der Waals surface area contributed by atoms with Crippen molar-refractivity contribution < 1.29 is 9.59 Å². The molecular formula is C16H22ClN3O2. The third-order valence-electron chi connectivity index (χ3n) is 4.26. The number of anilines is 1. The van der Waals surface area contributed by atoms with Gasteiger partial charge in [0.05, 0.1) is 0 Å². The Labute approximate surface area is 136 Å². The summed E-state index contributed by atoms with van der Waals surface area (Å²) in [7, 11) is 0. The van der Waals surface area contributed by atoms with E-state index in [-0.39, 0.29) is 36.2 Å². The van der Waals surface area contributed by atoms with Crippen LogP contribution in [0.1, 0.15) is 30.1 Å². The summed E-state index contributed by atoms with van der Waals surface area (Å²) in [6, 6.07) is 7.29. The van der Waals surface area contributed by atoms with Crippen LogP contribution in [0.3, 0.4) is 0 Å². The van der Waals surface area contributed by atoms with E-state index in [1.165, 1.54) is 0 Å². The van der Waals surface area contributed by atoms with Crippen molar-refractivity contribution in [2.24, 2.45) is 11.8 Å². The number of carbonyl (C=O) groups excluding carboxylic acids is 2. The van der Waals surface area contributed by atoms with Gasteiger partial charge in [-0.25, -0.2) is 0 Å². The van der Waals surface area contributed by atoms with E-state index < -0.39 is 0 Å². The fourth-order valence-electron chi connectivity index (χ4n) is 2.67. The number of hydrogen-bond acceptors (Lipinski definition) is 3. The molecule has 0 aromatic heterocycles. The van der Waals surface area contributed by atoms with Crippen molar-refractivity contribution in [3.8, 4) is 0 Å². The molecule has 120 valence electrons. The highest BCUT2D eigenvalue weighted by Crippen LogP contribution is 2.38. The van der Waals surface area contributed by atoms with E-state index in [0.29, 0.717) is 11.5 Å². The number of halogens is 1. The molecular weight excluding hydrogens is 302 g/mol. The molecule has 6 heteroatoms. The van der Waals surface area contributed by atoms with Gasteiger partial charge in [0.15, 0.2) is 0 Å². The molecule has 2 amide bonds. The van der Waals surface area contributed by atoms with E-state index in [1.807, 2.05) is 0 Å². The average molecular weight is 324 g/mol. The van der Waals surface area contributed by atoms with Gasteiger partial charge in [0, 0.05) is 29.8 Å². The van der Waals surface area contributed by atoms with E-state index in [2.05, 4.69) is 22.9 Å². The van der Waals surface area contributed by atoms with Gasteiger partial charge in [0.2, 0.25) is 5.91 Å². The van der Waals surface area contributed by atoms with Crippen LogP contribution in [-0.4, -0.2) is 30.9 Å². The van der Waals surface area contributed by atoms with Crippen molar-refractivity contribution in [3.63, 3.8) is 0 Å². The van der Waals surface area contributed by atoms with Crippen LogP contribution in [0.25, 0.3) is 0 Å². The lowest BCUT2D eigenvalue weighted by atomic mass is 10.1. The number of rotatable bonds is 4. The molecule has 0 spiro atoms. The fourth-order valence-corrected chi connectivity index (χ4v) is 2.67. The van der Waals surface area contributed by atoms with E-state index in [4.69, 9.17) is 0 Å². The predicted octanol–water partition coefficient (Wildman–Crippen LogP) is 1.79. The minimum atomic E-state index is -0.0580. The molecule has 1 saturated carbocycles. The molecule has 3 atom stereocenters. The first kappa shape index (κ1) is 16.8. The Balaban J connectivity index is 0.00000176. The first-order valence-electron chi connectivity index (χ1n) is 7.56. The Kier molecular flexibility index (Phi) is 5.42. The van der Waals surface area contributed by atoms with Gasteiger partial charge in [-0.15, -0.1) is 12.4 Å². The van der Waals surface area contributed by atoms with Crippen LogP contribution in [0.15, 0.2) is 24.3 Å². The summed E-state index contributed by atoms with van der Waals surface area (Å²) >= 11 is 0. The summed E-state index contributed by atoms with van der Waals surface area (Å²) < 4.78 is 0. The van der Waals surface area contributed by atoms with Crippen molar-refractivity contribution in [2.45, 2.75) is 25.8 Å². The Bertz CT molecular complexity index is 541. The number of nitrogens with one attached hydrogen (secondary N) is 3. The molecule has 1 aliphatic heterocycles. The molecule has 3 unspecified atom stereocenters. The molecule has 1 aromatic carbocycles. The fraction of sp³-hybridized carbons (Fsp3) is 0.500. The molecule has 3 N–H and O–H groups in total. The normalized spacial score (nSPS) is 26.0. The lowest BCUT2D eigenvalue weighted by Crippen LogP contribution is -2.36. The Morgan fingerprint density at radius 3 is 2.45 bits per heavy atom. The van der Waals surface area contributed by atoms with Gasteiger partial charge < -0.3 is 16.0 Å². The van der Waals surface area contributed by atoms with Crippen molar-refractivity contribution in [3.05, 3.63) is 29.8 Å². The van der Waals surface area contributed by atoms with Gasteiger partial charge in [0.1, 0.15) is 0 Å². The highest BCUT2D eigenvalue weighted by atomic mass is 35.5. The van der Waals surface area contributed by atoms with Crippen LogP contribution in [-0.2, 0) is 4.79 Å². The number of benzene rings is 1. The molecule has 0 radical (unpaired) electrons. The zero-order valence-corrected chi connectivity index (χ0v) is 13.4. The van der Waals surface area contributed by atoms with Crippen LogP contribution in [0.4, 0.5) is 5.69 Å². The van der Waals surface area contributed by atoms with Crippen LogP contribution in [0, 0.1) is 11.8 Å². The number of amides is 2. The molecule has 1 aliphatic carbocycles. The van der Waals surface area contributed by atoms with Crippen LogP contribution in [0.2, 0.25) is 0 Å². The maximum atomic E-state index is 12.1. The molecule has 2 fully saturated rings. The molecule has 1 aromatic rings. The van der Waals surface area contributed by atoms with Gasteiger partial charge in [-0.05, 0) is 49.6 Å². The van der Waals surface area contributed by atoms with Crippen molar-refractivity contribution in [1.82, 2.24) is 10.6 Å².